The predicted octanol–water partition coefficient (Wildman–Crippen LogP) is 4.05. The highest BCUT2D eigenvalue weighted by Gasteiger charge is 2.36. The van der Waals surface area contributed by atoms with Crippen LogP contribution in [0.1, 0.15) is 56.6 Å². The van der Waals surface area contributed by atoms with Gasteiger partial charge in [0.2, 0.25) is 0 Å². The summed E-state index contributed by atoms with van der Waals surface area (Å²) in [7, 11) is 0. The molecule has 1 atom stereocenters. The van der Waals surface area contributed by atoms with E-state index >= 15 is 0 Å². The first-order valence-corrected chi connectivity index (χ1v) is 8.68. The third-order valence-corrected chi connectivity index (χ3v) is 5.72. The average molecular weight is 286 g/mol. The quantitative estimate of drug-likeness (QED) is 0.908. The molecule has 1 saturated heterocycles. The van der Waals surface area contributed by atoms with Gasteiger partial charge in [-0.05, 0) is 74.6 Å². The first-order chi connectivity index (χ1) is 10.1. The van der Waals surface area contributed by atoms with Gasteiger partial charge in [0.15, 0.2) is 0 Å². The summed E-state index contributed by atoms with van der Waals surface area (Å²) in [6.45, 7) is 6.79. The fourth-order valence-corrected chi connectivity index (χ4v) is 4.32. The Hall–Kier alpha value is -1.02. The number of anilines is 1. The molecule has 1 aliphatic heterocycles. The molecular formula is C19H30N2. The van der Waals surface area contributed by atoms with Crippen molar-refractivity contribution in [1.29, 1.82) is 0 Å². The minimum absolute atomic E-state index is 0.242. The van der Waals surface area contributed by atoms with Crippen molar-refractivity contribution < 1.29 is 0 Å². The molecular weight excluding hydrogens is 256 g/mol. The molecule has 3 rings (SSSR count). The highest BCUT2D eigenvalue weighted by atomic mass is 15.1. The number of aryl methyl sites for hydroxylation is 1. The topological polar surface area (TPSA) is 29.3 Å². The molecule has 1 aliphatic carbocycles. The molecule has 0 bridgehead atoms. The molecule has 1 unspecified atom stereocenters. The molecule has 0 radical (unpaired) electrons. The summed E-state index contributed by atoms with van der Waals surface area (Å²) in [5.41, 5.74) is 10.8. The van der Waals surface area contributed by atoms with Crippen LogP contribution in [-0.4, -0.2) is 19.1 Å². The Balaban J connectivity index is 1.66. The zero-order valence-corrected chi connectivity index (χ0v) is 13.7. The number of rotatable bonds is 3. The van der Waals surface area contributed by atoms with Gasteiger partial charge in [0.05, 0.1) is 0 Å². The Bertz CT molecular complexity index is 476. The van der Waals surface area contributed by atoms with Crippen LogP contribution in [0.3, 0.4) is 0 Å². The molecule has 1 spiro atoms. The predicted molar refractivity (Wildman–Crippen MR) is 90.9 cm³/mol. The molecule has 2 nitrogen and oxygen atoms in total. The van der Waals surface area contributed by atoms with Crippen molar-refractivity contribution >= 4 is 5.69 Å². The van der Waals surface area contributed by atoms with Crippen molar-refractivity contribution in [2.45, 2.75) is 64.8 Å². The van der Waals surface area contributed by atoms with Crippen LogP contribution in [0.4, 0.5) is 5.69 Å². The van der Waals surface area contributed by atoms with Gasteiger partial charge in [0, 0.05) is 24.8 Å². The van der Waals surface area contributed by atoms with Crippen molar-refractivity contribution in [3.8, 4) is 0 Å². The van der Waals surface area contributed by atoms with Crippen LogP contribution < -0.4 is 10.6 Å². The van der Waals surface area contributed by atoms with E-state index in [0.717, 1.165) is 6.42 Å². The molecule has 21 heavy (non-hydrogen) atoms. The van der Waals surface area contributed by atoms with Crippen molar-refractivity contribution in [2.24, 2.45) is 11.1 Å². The zero-order valence-electron chi connectivity index (χ0n) is 13.7. The van der Waals surface area contributed by atoms with Crippen LogP contribution in [0.25, 0.3) is 0 Å². The Labute approximate surface area is 129 Å². The van der Waals surface area contributed by atoms with Gasteiger partial charge in [-0.2, -0.15) is 0 Å². The molecule has 116 valence electrons. The number of nitrogens with zero attached hydrogens (tertiary/aromatic N) is 1. The molecule has 2 heteroatoms. The summed E-state index contributed by atoms with van der Waals surface area (Å²) in [6.07, 6.45) is 9.66. The van der Waals surface area contributed by atoms with E-state index in [1.807, 2.05) is 0 Å². The van der Waals surface area contributed by atoms with Crippen molar-refractivity contribution in [3.05, 3.63) is 29.3 Å². The summed E-state index contributed by atoms with van der Waals surface area (Å²) >= 11 is 0. The largest absolute Gasteiger partial charge is 0.371 e. The summed E-state index contributed by atoms with van der Waals surface area (Å²) in [6, 6.07) is 7.20. The van der Waals surface area contributed by atoms with E-state index in [1.165, 1.54) is 68.4 Å². The van der Waals surface area contributed by atoms with Crippen LogP contribution in [0.5, 0.6) is 0 Å². The number of benzene rings is 1. The SMILES string of the molecule is Cc1cc(N2CCC3(CCCC3)CC2)ccc1CC(C)N. The van der Waals surface area contributed by atoms with Gasteiger partial charge < -0.3 is 10.6 Å². The van der Waals surface area contributed by atoms with E-state index in [-0.39, 0.29) is 6.04 Å². The number of hydrogen-bond donors (Lipinski definition) is 1. The lowest BCUT2D eigenvalue weighted by Crippen LogP contribution is -2.38. The van der Waals surface area contributed by atoms with Gasteiger partial charge in [-0.1, -0.05) is 18.9 Å². The molecule has 0 aromatic heterocycles. The molecule has 1 aromatic carbocycles. The third kappa shape index (κ3) is 3.26. The van der Waals surface area contributed by atoms with E-state index in [2.05, 4.69) is 36.9 Å². The fraction of sp³-hybridized carbons (Fsp3) is 0.684. The van der Waals surface area contributed by atoms with Gasteiger partial charge in [0.1, 0.15) is 0 Å². The minimum atomic E-state index is 0.242. The summed E-state index contributed by atoms with van der Waals surface area (Å²) in [4.78, 5) is 2.59. The van der Waals surface area contributed by atoms with Crippen LogP contribution >= 0.6 is 0 Å². The second kappa shape index (κ2) is 6.00. The van der Waals surface area contributed by atoms with Gasteiger partial charge in [0.25, 0.3) is 0 Å². The normalized spacial score (nSPS) is 22.7. The number of piperidine rings is 1. The van der Waals surface area contributed by atoms with Crippen molar-refractivity contribution in [2.75, 3.05) is 18.0 Å². The monoisotopic (exact) mass is 286 g/mol. The molecule has 0 amide bonds. The van der Waals surface area contributed by atoms with E-state index < -0.39 is 0 Å². The lowest BCUT2D eigenvalue weighted by Gasteiger charge is -2.40. The Morgan fingerprint density at radius 3 is 2.38 bits per heavy atom. The van der Waals surface area contributed by atoms with Gasteiger partial charge >= 0.3 is 0 Å². The van der Waals surface area contributed by atoms with E-state index in [0.29, 0.717) is 5.41 Å². The molecule has 2 fully saturated rings. The van der Waals surface area contributed by atoms with Crippen LogP contribution in [0.15, 0.2) is 18.2 Å². The second-order valence-electron chi connectivity index (χ2n) is 7.49. The maximum atomic E-state index is 5.93. The second-order valence-corrected chi connectivity index (χ2v) is 7.49. The maximum Gasteiger partial charge on any atom is 0.0369 e. The van der Waals surface area contributed by atoms with Crippen LogP contribution in [0.2, 0.25) is 0 Å². The molecule has 2 aliphatic rings. The highest BCUT2D eigenvalue weighted by Crippen LogP contribution is 2.46. The van der Waals surface area contributed by atoms with E-state index in [1.54, 1.807) is 0 Å². The summed E-state index contributed by atoms with van der Waals surface area (Å²) in [5.74, 6) is 0. The van der Waals surface area contributed by atoms with Crippen molar-refractivity contribution in [1.82, 2.24) is 0 Å². The maximum absolute atomic E-state index is 5.93. The zero-order chi connectivity index (χ0) is 14.9. The fourth-order valence-electron chi connectivity index (χ4n) is 4.32. The Kier molecular flexibility index (Phi) is 4.26. The summed E-state index contributed by atoms with van der Waals surface area (Å²) < 4.78 is 0. The van der Waals surface area contributed by atoms with E-state index in [9.17, 15) is 0 Å². The van der Waals surface area contributed by atoms with Gasteiger partial charge in [-0.15, -0.1) is 0 Å². The average Bonchev–Trinajstić information content (AvgIpc) is 2.90. The Morgan fingerprint density at radius 2 is 1.81 bits per heavy atom. The molecule has 2 N–H and O–H groups in total. The lowest BCUT2D eigenvalue weighted by atomic mass is 9.77. The van der Waals surface area contributed by atoms with Crippen LogP contribution in [-0.2, 0) is 6.42 Å². The first kappa shape index (κ1) is 14.9. The Morgan fingerprint density at radius 1 is 1.14 bits per heavy atom. The molecule has 1 heterocycles. The number of hydrogen-bond acceptors (Lipinski definition) is 2. The van der Waals surface area contributed by atoms with Crippen molar-refractivity contribution in [3.63, 3.8) is 0 Å². The highest BCUT2D eigenvalue weighted by molar-refractivity contribution is 5.51. The number of nitrogens with two attached hydrogens (primary N) is 1. The van der Waals surface area contributed by atoms with Gasteiger partial charge in [-0.25, -0.2) is 0 Å². The minimum Gasteiger partial charge on any atom is -0.371 e. The van der Waals surface area contributed by atoms with Gasteiger partial charge in [-0.3, -0.25) is 0 Å². The smallest absolute Gasteiger partial charge is 0.0369 e. The third-order valence-electron chi connectivity index (χ3n) is 5.72. The first-order valence-electron chi connectivity index (χ1n) is 8.68. The lowest BCUT2D eigenvalue weighted by molar-refractivity contribution is 0.226. The molecule has 1 saturated carbocycles. The molecule has 1 aromatic rings. The van der Waals surface area contributed by atoms with E-state index in [4.69, 9.17) is 5.73 Å². The summed E-state index contributed by atoms with van der Waals surface area (Å²) in [5, 5.41) is 0. The standard InChI is InChI=1S/C19H30N2/c1-15-13-18(6-5-17(15)14-16(2)20)21-11-9-19(10-12-21)7-3-4-8-19/h5-6,13,16H,3-4,7-12,14,20H2,1-2H3. The van der Waals surface area contributed by atoms with Crippen LogP contribution in [0, 0.1) is 12.3 Å².